The first-order valence-corrected chi connectivity index (χ1v) is 4.61. The van der Waals surface area contributed by atoms with Crippen molar-refractivity contribution in [1.82, 2.24) is 0 Å². The highest BCUT2D eigenvalue weighted by atomic mass is 16.5. The number of aliphatic hydroxyl groups excluding tert-OH is 1. The number of carbonyl (C=O) groups is 3. The molecule has 5 heteroatoms. The van der Waals surface area contributed by atoms with Gasteiger partial charge in [0.1, 0.15) is 12.2 Å². The molecule has 0 aromatic heterocycles. The lowest BCUT2D eigenvalue weighted by Gasteiger charge is -2.14. The minimum Gasteiger partial charge on any atom is -0.462 e. The molecule has 1 rings (SSSR count). The van der Waals surface area contributed by atoms with Gasteiger partial charge >= 0.3 is 5.97 Å². The molecule has 2 unspecified atom stereocenters. The normalized spacial score (nSPS) is 30.9. The Morgan fingerprint density at radius 2 is 1.93 bits per heavy atom. The van der Waals surface area contributed by atoms with Crippen molar-refractivity contribution < 1.29 is 24.2 Å². The second kappa shape index (κ2) is 4.84. The van der Waals surface area contributed by atoms with Crippen LogP contribution in [0.2, 0.25) is 0 Å². The third-order valence-electron chi connectivity index (χ3n) is 1.94. The molecule has 1 aliphatic heterocycles. The zero-order valence-corrected chi connectivity index (χ0v) is 8.30. The maximum Gasteiger partial charge on any atom is 0.309 e. The quantitative estimate of drug-likeness (QED) is 0.561. The number of hydrogen-bond donors (Lipinski definition) is 1. The van der Waals surface area contributed by atoms with Gasteiger partial charge < -0.3 is 9.84 Å². The number of ether oxygens (including phenoxy) is 1. The molecule has 0 saturated carbocycles. The minimum absolute atomic E-state index is 0.0472. The fourth-order valence-corrected chi connectivity index (χ4v) is 1.21. The Hall–Kier alpha value is -1.49. The van der Waals surface area contributed by atoms with E-state index in [-0.39, 0.29) is 18.6 Å². The number of hydrogen-bond acceptors (Lipinski definition) is 5. The molecule has 1 heterocycles. The molecule has 5 nitrogen and oxygen atoms in total. The molecular weight excluding hydrogens is 200 g/mol. The lowest BCUT2D eigenvalue weighted by molar-refractivity contribution is -0.153. The van der Waals surface area contributed by atoms with Crippen LogP contribution >= 0.6 is 0 Å². The van der Waals surface area contributed by atoms with E-state index >= 15 is 0 Å². The first-order chi connectivity index (χ1) is 6.99. The summed E-state index contributed by atoms with van der Waals surface area (Å²) in [5.41, 5.74) is 0. The third kappa shape index (κ3) is 3.63. The van der Waals surface area contributed by atoms with Crippen molar-refractivity contribution >= 4 is 17.5 Å². The van der Waals surface area contributed by atoms with Gasteiger partial charge in [-0.15, -0.1) is 0 Å². The van der Waals surface area contributed by atoms with Crippen molar-refractivity contribution in [3.8, 4) is 0 Å². The van der Waals surface area contributed by atoms with E-state index in [2.05, 4.69) is 0 Å². The van der Waals surface area contributed by atoms with E-state index in [4.69, 9.17) is 4.74 Å². The molecule has 0 radical (unpaired) electrons. The predicted octanol–water partition coefficient (Wildman–Crippen LogP) is -0.233. The summed E-state index contributed by atoms with van der Waals surface area (Å²) in [7, 11) is 0. The second-order valence-electron chi connectivity index (χ2n) is 3.43. The van der Waals surface area contributed by atoms with Crippen LogP contribution in [0.25, 0.3) is 0 Å². The summed E-state index contributed by atoms with van der Waals surface area (Å²) in [6.07, 6.45) is -0.186. The molecule has 0 saturated heterocycles. The maximum absolute atomic E-state index is 11.2. The summed E-state index contributed by atoms with van der Waals surface area (Å²) in [6, 6.07) is 0. The minimum atomic E-state index is -1.42. The lowest BCUT2D eigenvalue weighted by Crippen LogP contribution is -2.27. The Bertz CT molecular complexity index is 318. The molecule has 82 valence electrons. The van der Waals surface area contributed by atoms with E-state index in [1.165, 1.54) is 0 Å². The SMILES string of the molecule is CC1CC(=O)/C=C\C(=O)C(O)CC(=O)O1. The first kappa shape index (κ1) is 11.6. The summed E-state index contributed by atoms with van der Waals surface area (Å²) < 4.78 is 4.81. The van der Waals surface area contributed by atoms with Crippen molar-refractivity contribution in [3.05, 3.63) is 12.2 Å². The van der Waals surface area contributed by atoms with Crippen LogP contribution in [0.5, 0.6) is 0 Å². The van der Waals surface area contributed by atoms with Gasteiger partial charge in [0, 0.05) is 6.42 Å². The molecule has 15 heavy (non-hydrogen) atoms. The molecule has 0 aromatic rings. The summed E-state index contributed by atoms with van der Waals surface area (Å²) >= 11 is 0. The largest absolute Gasteiger partial charge is 0.462 e. The molecular formula is C10H12O5. The lowest BCUT2D eigenvalue weighted by atomic mass is 10.1. The van der Waals surface area contributed by atoms with Gasteiger partial charge in [-0.25, -0.2) is 0 Å². The van der Waals surface area contributed by atoms with Gasteiger partial charge in [0.05, 0.1) is 6.42 Å². The van der Waals surface area contributed by atoms with Gasteiger partial charge in [-0.05, 0) is 19.1 Å². The average Bonchev–Trinajstić information content (AvgIpc) is 2.12. The van der Waals surface area contributed by atoms with Crippen LogP contribution in [0.15, 0.2) is 12.2 Å². The Balaban J connectivity index is 2.81. The zero-order chi connectivity index (χ0) is 11.4. The summed E-state index contributed by atoms with van der Waals surface area (Å²) in [5.74, 6) is -1.64. The molecule has 0 fully saturated rings. The zero-order valence-electron chi connectivity index (χ0n) is 8.30. The number of carbonyl (C=O) groups excluding carboxylic acids is 3. The van der Waals surface area contributed by atoms with Crippen LogP contribution in [0, 0.1) is 0 Å². The highest BCUT2D eigenvalue weighted by molar-refractivity contribution is 6.02. The number of allylic oxidation sites excluding steroid dienone is 1. The van der Waals surface area contributed by atoms with E-state index in [0.29, 0.717) is 0 Å². The molecule has 1 aliphatic rings. The van der Waals surface area contributed by atoms with Gasteiger partial charge in [-0.3, -0.25) is 14.4 Å². The molecule has 0 bridgehead atoms. The highest BCUT2D eigenvalue weighted by Crippen LogP contribution is 2.06. The Kier molecular flexibility index (Phi) is 3.74. The van der Waals surface area contributed by atoms with Gasteiger partial charge in [0.2, 0.25) is 0 Å². The summed E-state index contributed by atoms with van der Waals surface area (Å²) in [6.45, 7) is 1.58. The summed E-state index contributed by atoms with van der Waals surface area (Å²) in [5, 5.41) is 9.23. The topological polar surface area (TPSA) is 80.7 Å². The average molecular weight is 212 g/mol. The smallest absolute Gasteiger partial charge is 0.309 e. The van der Waals surface area contributed by atoms with Crippen molar-refractivity contribution in [1.29, 1.82) is 0 Å². The van der Waals surface area contributed by atoms with Crippen molar-refractivity contribution in [2.45, 2.75) is 32.0 Å². The number of aliphatic hydroxyl groups is 1. The Labute approximate surface area is 86.7 Å². The number of rotatable bonds is 0. The number of cyclic esters (lactones) is 1. The van der Waals surface area contributed by atoms with Gasteiger partial charge in [-0.1, -0.05) is 0 Å². The van der Waals surface area contributed by atoms with E-state index in [0.717, 1.165) is 12.2 Å². The van der Waals surface area contributed by atoms with Gasteiger partial charge in [0.15, 0.2) is 11.6 Å². The monoisotopic (exact) mass is 212 g/mol. The number of esters is 1. The Morgan fingerprint density at radius 3 is 2.60 bits per heavy atom. The Morgan fingerprint density at radius 1 is 1.27 bits per heavy atom. The van der Waals surface area contributed by atoms with Crippen molar-refractivity contribution in [3.63, 3.8) is 0 Å². The van der Waals surface area contributed by atoms with E-state index in [9.17, 15) is 19.5 Å². The van der Waals surface area contributed by atoms with E-state index < -0.39 is 24.0 Å². The fraction of sp³-hybridized carbons (Fsp3) is 0.500. The molecule has 0 amide bonds. The van der Waals surface area contributed by atoms with Crippen LogP contribution in [0.4, 0.5) is 0 Å². The summed E-state index contributed by atoms with van der Waals surface area (Å²) in [4.78, 5) is 33.4. The van der Waals surface area contributed by atoms with Crippen LogP contribution < -0.4 is 0 Å². The van der Waals surface area contributed by atoms with Crippen molar-refractivity contribution in [2.75, 3.05) is 0 Å². The predicted molar refractivity (Wildman–Crippen MR) is 49.9 cm³/mol. The van der Waals surface area contributed by atoms with Crippen LogP contribution in [0.3, 0.4) is 0 Å². The highest BCUT2D eigenvalue weighted by Gasteiger charge is 2.21. The maximum atomic E-state index is 11.2. The van der Waals surface area contributed by atoms with Crippen molar-refractivity contribution in [2.24, 2.45) is 0 Å². The van der Waals surface area contributed by atoms with Crippen LogP contribution in [-0.4, -0.2) is 34.9 Å². The molecule has 0 aliphatic carbocycles. The van der Waals surface area contributed by atoms with E-state index in [1.807, 2.05) is 0 Å². The fourth-order valence-electron chi connectivity index (χ4n) is 1.21. The van der Waals surface area contributed by atoms with E-state index in [1.54, 1.807) is 6.92 Å². The molecule has 0 aromatic carbocycles. The van der Waals surface area contributed by atoms with Crippen LogP contribution in [0.1, 0.15) is 19.8 Å². The second-order valence-corrected chi connectivity index (χ2v) is 3.43. The molecule has 1 N–H and O–H groups in total. The molecule has 2 atom stereocenters. The standard InChI is InChI=1S/C10H12O5/c1-6-4-7(11)2-3-8(12)9(13)5-10(14)15-6/h2-3,6,9,13H,4-5H2,1H3/b3-2-. The molecule has 0 spiro atoms. The third-order valence-corrected chi connectivity index (χ3v) is 1.94. The van der Waals surface area contributed by atoms with Gasteiger partial charge in [0.25, 0.3) is 0 Å². The van der Waals surface area contributed by atoms with Gasteiger partial charge in [-0.2, -0.15) is 0 Å². The van der Waals surface area contributed by atoms with Crippen LogP contribution in [-0.2, 0) is 19.1 Å². The number of ketones is 2. The first-order valence-electron chi connectivity index (χ1n) is 4.61.